The molecule has 1 amide bonds. The highest BCUT2D eigenvalue weighted by Crippen LogP contribution is 2.18. The van der Waals surface area contributed by atoms with E-state index in [9.17, 15) is 9.18 Å². The normalized spacial score (nSPS) is 10.2. The second-order valence-corrected chi connectivity index (χ2v) is 5.43. The summed E-state index contributed by atoms with van der Waals surface area (Å²) in [6.07, 6.45) is 1.45. The molecule has 0 saturated carbocycles. The Bertz CT molecular complexity index is 654. The van der Waals surface area contributed by atoms with Gasteiger partial charge >= 0.3 is 0 Å². The Morgan fingerprint density at radius 1 is 1.53 bits per heavy atom. The largest absolute Gasteiger partial charge is 0.389 e. The van der Waals surface area contributed by atoms with Crippen LogP contribution in [-0.2, 0) is 0 Å². The van der Waals surface area contributed by atoms with Crippen molar-refractivity contribution >= 4 is 40.1 Å². The molecule has 1 aromatic heterocycles. The number of aromatic nitrogens is 1. The average Bonchev–Trinajstić information content (AvgIpc) is 2.78. The molecule has 0 aliphatic rings. The van der Waals surface area contributed by atoms with Crippen molar-refractivity contribution in [2.45, 2.75) is 6.92 Å². The number of nitrogens with two attached hydrogens (primary N) is 1. The van der Waals surface area contributed by atoms with E-state index in [2.05, 4.69) is 10.3 Å². The number of carbonyl (C=O) groups is 1. The maximum Gasteiger partial charge on any atom is 0.267 e. The monoisotopic (exact) mass is 295 g/mol. The molecule has 19 heavy (non-hydrogen) atoms. The number of thiocarbonyl (C=S) groups is 1. The molecular weight excluding hydrogens is 285 g/mol. The zero-order valence-electron chi connectivity index (χ0n) is 9.94. The highest BCUT2D eigenvalue weighted by Gasteiger charge is 2.12. The van der Waals surface area contributed by atoms with Gasteiger partial charge in [0, 0.05) is 5.56 Å². The van der Waals surface area contributed by atoms with Gasteiger partial charge in [-0.15, -0.1) is 11.3 Å². The first-order chi connectivity index (χ1) is 8.97. The predicted molar refractivity (Wildman–Crippen MR) is 77.1 cm³/mol. The van der Waals surface area contributed by atoms with Gasteiger partial charge < -0.3 is 11.1 Å². The molecular formula is C12H10FN3OS2. The van der Waals surface area contributed by atoms with Crippen LogP contribution in [0.5, 0.6) is 0 Å². The minimum Gasteiger partial charge on any atom is -0.389 e. The van der Waals surface area contributed by atoms with Crippen molar-refractivity contribution in [2.24, 2.45) is 5.73 Å². The smallest absolute Gasteiger partial charge is 0.267 e. The highest BCUT2D eigenvalue weighted by molar-refractivity contribution is 7.80. The molecule has 1 heterocycles. The Kier molecular flexibility index (Phi) is 3.87. The van der Waals surface area contributed by atoms with E-state index in [4.69, 9.17) is 18.0 Å². The fourth-order valence-corrected chi connectivity index (χ4v) is 2.22. The van der Waals surface area contributed by atoms with Gasteiger partial charge in [0.05, 0.1) is 16.9 Å². The van der Waals surface area contributed by atoms with Gasteiger partial charge in [-0.25, -0.2) is 9.37 Å². The van der Waals surface area contributed by atoms with Gasteiger partial charge in [0.15, 0.2) is 0 Å². The SMILES string of the molecule is Cc1ncc(C(=O)Nc2ccc(C(N)=S)cc2F)s1. The molecule has 0 spiro atoms. The van der Waals surface area contributed by atoms with E-state index < -0.39 is 11.7 Å². The third-order valence-corrected chi connectivity index (χ3v) is 3.49. The van der Waals surface area contributed by atoms with Crippen molar-refractivity contribution in [3.05, 3.63) is 45.7 Å². The van der Waals surface area contributed by atoms with Crippen LogP contribution < -0.4 is 11.1 Å². The van der Waals surface area contributed by atoms with Gasteiger partial charge in [-0.3, -0.25) is 4.79 Å². The number of hydrogen-bond acceptors (Lipinski definition) is 4. The Morgan fingerprint density at radius 3 is 2.79 bits per heavy atom. The van der Waals surface area contributed by atoms with E-state index in [1.807, 2.05) is 0 Å². The fourth-order valence-electron chi connectivity index (χ4n) is 1.42. The lowest BCUT2D eigenvalue weighted by atomic mass is 10.2. The maximum absolute atomic E-state index is 13.7. The third-order valence-electron chi connectivity index (χ3n) is 2.35. The second-order valence-electron chi connectivity index (χ2n) is 3.76. The Labute approximate surface area is 118 Å². The number of hydrogen-bond donors (Lipinski definition) is 2. The molecule has 4 nitrogen and oxygen atoms in total. The van der Waals surface area contributed by atoms with Crippen LogP contribution in [-0.4, -0.2) is 15.9 Å². The lowest BCUT2D eigenvalue weighted by Gasteiger charge is -2.06. The first kappa shape index (κ1) is 13.6. The van der Waals surface area contributed by atoms with E-state index in [-0.39, 0.29) is 10.7 Å². The van der Waals surface area contributed by atoms with Crippen LogP contribution in [0, 0.1) is 12.7 Å². The Hall–Kier alpha value is -1.86. The van der Waals surface area contributed by atoms with Crippen LogP contribution >= 0.6 is 23.6 Å². The molecule has 0 fully saturated rings. The second kappa shape index (κ2) is 5.41. The Morgan fingerprint density at radius 2 is 2.26 bits per heavy atom. The van der Waals surface area contributed by atoms with Gasteiger partial charge in [0.1, 0.15) is 15.7 Å². The number of benzene rings is 1. The first-order valence-corrected chi connectivity index (χ1v) is 6.53. The number of aryl methyl sites for hydroxylation is 1. The molecule has 98 valence electrons. The zero-order chi connectivity index (χ0) is 14.0. The summed E-state index contributed by atoms with van der Waals surface area (Å²) in [6, 6.07) is 4.17. The van der Waals surface area contributed by atoms with E-state index in [1.54, 1.807) is 13.0 Å². The van der Waals surface area contributed by atoms with Gasteiger partial charge in [-0.1, -0.05) is 12.2 Å². The van der Waals surface area contributed by atoms with Crippen LogP contribution in [0.25, 0.3) is 0 Å². The summed E-state index contributed by atoms with van der Waals surface area (Å²) in [5.41, 5.74) is 5.89. The fraction of sp³-hybridized carbons (Fsp3) is 0.0833. The van der Waals surface area contributed by atoms with Crippen LogP contribution in [0.2, 0.25) is 0 Å². The van der Waals surface area contributed by atoms with Crippen LogP contribution in [0.4, 0.5) is 10.1 Å². The molecule has 1 aromatic carbocycles. The number of amides is 1. The van der Waals surface area contributed by atoms with Crippen LogP contribution in [0.15, 0.2) is 24.4 Å². The molecule has 0 aliphatic heterocycles. The molecule has 0 atom stereocenters. The number of nitrogens with one attached hydrogen (secondary N) is 1. The molecule has 0 bridgehead atoms. The molecule has 0 saturated heterocycles. The summed E-state index contributed by atoms with van der Waals surface area (Å²) < 4.78 is 13.7. The highest BCUT2D eigenvalue weighted by atomic mass is 32.1. The summed E-state index contributed by atoms with van der Waals surface area (Å²) >= 11 is 5.99. The number of thiazole rings is 1. The van der Waals surface area contributed by atoms with E-state index in [0.717, 1.165) is 5.01 Å². The lowest BCUT2D eigenvalue weighted by Crippen LogP contribution is -2.13. The molecule has 7 heteroatoms. The summed E-state index contributed by atoms with van der Waals surface area (Å²) in [5.74, 6) is -0.979. The molecule has 2 rings (SSSR count). The quantitative estimate of drug-likeness (QED) is 0.854. The van der Waals surface area contributed by atoms with Gasteiger partial charge in [0.25, 0.3) is 5.91 Å². The minimum atomic E-state index is -0.583. The van der Waals surface area contributed by atoms with Crippen LogP contribution in [0.3, 0.4) is 0 Å². The Balaban J connectivity index is 2.20. The van der Waals surface area contributed by atoms with Crippen molar-refractivity contribution in [1.82, 2.24) is 4.98 Å². The third kappa shape index (κ3) is 3.12. The van der Waals surface area contributed by atoms with E-state index in [1.165, 1.54) is 29.7 Å². The minimum absolute atomic E-state index is 0.0797. The summed E-state index contributed by atoms with van der Waals surface area (Å²) in [4.78, 5) is 16.3. The van der Waals surface area contributed by atoms with Crippen molar-refractivity contribution in [3.63, 3.8) is 0 Å². The predicted octanol–water partition coefficient (Wildman–Crippen LogP) is 2.48. The van der Waals surface area contributed by atoms with Crippen molar-refractivity contribution in [3.8, 4) is 0 Å². The zero-order valence-corrected chi connectivity index (χ0v) is 11.6. The van der Waals surface area contributed by atoms with Gasteiger partial charge in [-0.05, 0) is 25.1 Å². The molecule has 2 aromatic rings. The first-order valence-electron chi connectivity index (χ1n) is 5.30. The summed E-state index contributed by atoms with van der Waals surface area (Å²) in [5, 5.41) is 3.25. The number of nitrogens with zero attached hydrogens (tertiary/aromatic N) is 1. The number of halogens is 1. The average molecular weight is 295 g/mol. The molecule has 3 N–H and O–H groups in total. The van der Waals surface area contributed by atoms with Crippen molar-refractivity contribution < 1.29 is 9.18 Å². The van der Waals surface area contributed by atoms with Crippen LogP contribution in [0.1, 0.15) is 20.2 Å². The van der Waals surface area contributed by atoms with Gasteiger partial charge in [-0.2, -0.15) is 0 Å². The molecule has 0 radical (unpaired) electrons. The van der Waals surface area contributed by atoms with Crippen molar-refractivity contribution in [2.75, 3.05) is 5.32 Å². The summed E-state index contributed by atoms with van der Waals surface area (Å²) in [6.45, 7) is 1.79. The maximum atomic E-state index is 13.7. The standard InChI is InChI=1S/C12H10FN3OS2/c1-6-15-5-10(19-6)12(17)16-9-3-2-7(11(14)18)4-8(9)13/h2-5H,1H3,(H2,14,18)(H,16,17). The molecule has 0 aliphatic carbocycles. The van der Waals surface area contributed by atoms with Crippen molar-refractivity contribution in [1.29, 1.82) is 0 Å². The topological polar surface area (TPSA) is 68.0 Å². The molecule has 0 unspecified atom stereocenters. The summed E-state index contributed by atoms with van der Waals surface area (Å²) in [7, 11) is 0. The number of carbonyl (C=O) groups excluding carboxylic acids is 1. The van der Waals surface area contributed by atoms with E-state index in [0.29, 0.717) is 10.4 Å². The lowest BCUT2D eigenvalue weighted by molar-refractivity contribution is 0.103. The van der Waals surface area contributed by atoms with Gasteiger partial charge in [0.2, 0.25) is 0 Å². The number of anilines is 1. The van der Waals surface area contributed by atoms with E-state index >= 15 is 0 Å². The number of rotatable bonds is 3.